The van der Waals surface area contributed by atoms with Crippen LogP contribution in [0.25, 0.3) is 60.2 Å². The Bertz CT molecular complexity index is 2420. The summed E-state index contributed by atoms with van der Waals surface area (Å²) in [5, 5.41) is 7.82. The van der Waals surface area contributed by atoms with Crippen LogP contribution < -0.4 is 0 Å². The van der Waals surface area contributed by atoms with Gasteiger partial charge in [0.1, 0.15) is 0 Å². The zero-order valence-corrected chi connectivity index (χ0v) is 23.5. The van der Waals surface area contributed by atoms with Gasteiger partial charge < -0.3 is 4.57 Å². The highest BCUT2D eigenvalue weighted by molar-refractivity contribution is 6.28. The van der Waals surface area contributed by atoms with Crippen LogP contribution in [0.2, 0.25) is 0 Å². The summed E-state index contributed by atoms with van der Waals surface area (Å²) in [4.78, 5) is 4.97. The lowest BCUT2D eigenvalue weighted by atomic mass is 9.98. The van der Waals surface area contributed by atoms with Crippen molar-refractivity contribution < 1.29 is 0 Å². The molecule has 2 aliphatic rings. The normalized spacial score (nSPS) is 13.5. The Balaban J connectivity index is 1.16. The van der Waals surface area contributed by atoms with Crippen LogP contribution in [0.1, 0.15) is 22.3 Å². The number of nitrogens with zero attached hydrogens (tertiary/aromatic N) is 2. The topological polar surface area (TPSA) is 17.3 Å². The molecule has 2 heterocycles. The van der Waals surface area contributed by atoms with Crippen molar-refractivity contribution in [1.29, 1.82) is 0 Å². The van der Waals surface area contributed by atoms with Gasteiger partial charge in [-0.15, -0.1) is 0 Å². The Kier molecular flexibility index (Phi) is 4.59. The molecule has 0 N–H and O–H groups in total. The third-order valence-corrected chi connectivity index (χ3v) is 9.61. The number of benzene rings is 7. The second-order valence-corrected chi connectivity index (χ2v) is 12.0. The van der Waals surface area contributed by atoms with E-state index in [9.17, 15) is 0 Å². The number of rotatable bonds is 2. The third-order valence-electron chi connectivity index (χ3n) is 9.61. The predicted molar refractivity (Wildman–Crippen MR) is 180 cm³/mol. The predicted octanol–water partition coefficient (Wildman–Crippen LogP) is 10.3. The van der Waals surface area contributed by atoms with E-state index in [-0.39, 0.29) is 0 Å². The molecular weight excluding hydrogens is 520 g/mol. The maximum atomic E-state index is 4.97. The number of aliphatic imine (C=N–C) groups is 1. The summed E-state index contributed by atoms with van der Waals surface area (Å²) >= 11 is 0. The standard InChI is InChI=1S/C41H26N2/c1-4-10-33-25(7-1)15-19-38-40(33)41-34-11-5-2-8-26(34)16-20-39(41)43(38)31-17-18-32-30(22-31)21-27-13-14-29(23-35(27)32)37-24-28-9-3-6-12-36(28)42-37/h1-20,22-23H,21,24H2. The fourth-order valence-electron chi connectivity index (χ4n) is 7.62. The molecule has 200 valence electrons. The zero-order valence-electron chi connectivity index (χ0n) is 23.5. The molecule has 0 radical (unpaired) electrons. The van der Waals surface area contributed by atoms with Gasteiger partial charge in [0.15, 0.2) is 0 Å². The molecule has 10 rings (SSSR count). The first-order chi connectivity index (χ1) is 21.3. The number of hydrogen-bond donors (Lipinski definition) is 0. The van der Waals surface area contributed by atoms with E-state index in [2.05, 4.69) is 138 Å². The van der Waals surface area contributed by atoms with E-state index in [0.29, 0.717) is 0 Å². The van der Waals surface area contributed by atoms with E-state index in [0.717, 1.165) is 18.5 Å². The molecule has 0 spiro atoms. The van der Waals surface area contributed by atoms with E-state index in [1.165, 1.54) is 88.1 Å². The van der Waals surface area contributed by atoms with Gasteiger partial charge in [0.05, 0.1) is 22.4 Å². The van der Waals surface area contributed by atoms with Gasteiger partial charge in [0.2, 0.25) is 0 Å². The summed E-state index contributed by atoms with van der Waals surface area (Å²) in [5.41, 5.74) is 14.0. The number of fused-ring (bicyclic) bond motifs is 11. The van der Waals surface area contributed by atoms with Gasteiger partial charge in [-0.25, -0.2) is 0 Å². The zero-order chi connectivity index (χ0) is 28.1. The van der Waals surface area contributed by atoms with Gasteiger partial charge >= 0.3 is 0 Å². The van der Waals surface area contributed by atoms with Crippen LogP contribution in [0.4, 0.5) is 5.69 Å². The number of hydrogen-bond acceptors (Lipinski definition) is 1. The van der Waals surface area contributed by atoms with Crippen molar-refractivity contribution in [3.8, 4) is 16.8 Å². The summed E-state index contributed by atoms with van der Waals surface area (Å²) in [6, 6.07) is 49.2. The Morgan fingerprint density at radius 1 is 0.488 bits per heavy atom. The van der Waals surface area contributed by atoms with Crippen LogP contribution in [0.15, 0.2) is 138 Å². The van der Waals surface area contributed by atoms with Crippen LogP contribution in [0.5, 0.6) is 0 Å². The fraction of sp³-hybridized carbons (Fsp3) is 0.0488. The molecule has 8 aromatic rings. The Morgan fingerprint density at radius 2 is 1.19 bits per heavy atom. The molecule has 0 bridgehead atoms. The van der Waals surface area contributed by atoms with Crippen molar-refractivity contribution >= 4 is 54.7 Å². The van der Waals surface area contributed by atoms with Crippen LogP contribution in [0.3, 0.4) is 0 Å². The lowest BCUT2D eigenvalue weighted by Crippen LogP contribution is -2.00. The van der Waals surface area contributed by atoms with Gasteiger partial charge in [-0.1, -0.05) is 97.1 Å². The van der Waals surface area contributed by atoms with Crippen LogP contribution in [-0.4, -0.2) is 10.3 Å². The first-order valence-electron chi connectivity index (χ1n) is 15.1. The van der Waals surface area contributed by atoms with Gasteiger partial charge in [-0.05, 0) is 97.7 Å². The highest BCUT2D eigenvalue weighted by Crippen LogP contribution is 2.43. The van der Waals surface area contributed by atoms with Gasteiger partial charge in [0.25, 0.3) is 0 Å². The minimum atomic E-state index is 0.901. The molecule has 1 aliphatic carbocycles. The smallest absolute Gasteiger partial charge is 0.0669 e. The quantitative estimate of drug-likeness (QED) is 0.205. The van der Waals surface area contributed by atoms with Gasteiger partial charge in [-0.2, -0.15) is 0 Å². The summed E-state index contributed by atoms with van der Waals surface area (Å²) in [5.74, 6) is 0. The molecule has 0 fully saturated rings. The molecule has 1 aromatic heterocycles. The van der Waals surface area contributed by atoms with Gasteiger partial charge in [-0.3, -0.25) is 4.99 Å². The Morgan fingerprint density at radius 3 is 1.93 bits per heavy atom. The van der Waals surface area contributed by atoms with E-state index >= 15 is 0 Å². The van der Waals surface area contributed by atoms with Crippen LogP contribution in [0, 0.1) is 0 Å². The van der Waals surface area contributed by atoms with Crippen LogP contribution >= 0.6 is 0 Å². The third kappa shape index (κ3) is 3.26. The number of aromatic nitrogens is 1. The van der Waals surface area contributed by atoms with Crippen molar-refractivity contribution in [3.63, 3.8) is 0 Å². The van der Waals surface area contributed by atoms with Crippen molar-refractivity contribution in [1.82, 2.24) is 4.57 Å². The average molecular weight is 547 g/mol. The molecule has 0 saturated heterocycles. The van der Waals surface area contributed by atoms with E-state index < -0.39 is 0 Å². The summed E-state index contributed by atoms with van der Waals surface area (Å²) in [7, 11) is 0. The first kappa shape index (κ1) is 23.1. The highest BCUT2D eigenvalue weighted by atomic mass is 15.0. The van der Waals surface area contributed by atoms with Gasteiger partial charge in [0, 0.05) is 22.9 Å². The van der Waals surface area contributed by atoms with E-state index in [1.54, 1.807) is 0 Å². The summed E-state index contributed by atoms with van der Waals surface area (Å²) < 4.78 is 2.47. The van der Waals surface area contributed by atoms with Crippen molar-refractivity contribution in [2.75, 3.05) is 0 Å². The first-order valence-corrected chi connectivity index (χ1v) is 15.1. The second kappa shape index (κ2) is 8.53. The minimum Gasteiger partial charge on any atom is -0.309 e. The van der Waals surface area contributed by atoms with Crippen molar-refractivity contribution in [2.45, 2.75) is 12.8 Å². The molecule has 2 heteroatoms. The van der Waals surface area contributed by atoms with E-state index in [1.807, 2.05) is 0 Å². The van der Waals surface area contributed by atoms with Crippen molar-refractivity contribution in [2.24, 2.45) is 4.99 Å². The van der Waals surface area contributed by atoms with E-state index in [4.69, 9.17) is 4.99 Å². The lowest BCUT2D eigenvalue weighted by Gasteiger charge is -2.11. The molecule has 43 heavy (non-hydrogen) atoms. The minimum absolute atomic E-state index is 0.901. The summed E-state index contributed by atoms with van der Waals surface area (Å²) in [6.45, 7) is 0. The lowest BCUT2D eigenvalue weighted by molar-refractivity contribution is 1.16. The molecule has 2 nitrogen and oxygen atoms in total. The molecule has 0 unspecified atom stereocenters. The number of para-hydroxylation sites is 1. The van der Waals surface area contributed by atoms with Crippen molar-refractivity contribution in [3.05, 3.63) is 156 Å². The Hall–Kier alpha value is -5.47. The molecular formula is C41H26N2. The largest absolute Gasteiger partial charge is 0.309 e. The average Bonchev–Trinajstić information content (AvgIpc) is 3.75. The SMILES string of the molecule is c1ccc2c(c1)CC(c1ccc3c(c1)-c1ccc(-n4c5ccc6ccccc6c5c5c6ccccc6ccc54)cc1C3)=N2. The maximum Gasteiger partial charge on any atom is 0.0669 e. The Labute approximate surface area is 249 Å². The second-order valence-electron chi connectivity index (χ2n) is 12.0. The highest BCUT2D eigenvalue weighted by Gasteiger charge is 2.23. The summed E-state index contributed by atoms with van der Waals surface area (Å²) in [6.07, 6.45) is 1.85. The van der Waals surface area contributed by atoms with Crippen LogP contribution in [-0.2, 0) is 12.8 Å². The maximum absolute atomic E-state index is 4.97. The molecule has 1 aliphatic heterocycles. The monoisotopic (exact) mass is 546 g/mol. The molecule has 7 aromatic carbocycles. The fourth-order valence-corrected chi connectivity index (χ4v) is 7.62. The molecule has 0 amide bonds. The molecule has 0 atom stereocenters. The molecule has 0 saturated carbocycles.